The lowest BCUT2D eigenvalue weighted by molar-refractivity contribution is 0.392. The maximum Gasteiger partial charge on any atom is 0.215 e. The summed E-state index contributed by atoms with van der Waals surface area (Å²) in [5.74, 6) is 4.39. The number of fused-ring (bicyclic) bond motifs is 1. The summed E-state index contributed by atoms with van der Waals surface area (Å²) in [5.41, 5.74) is 0. The molecule has 0 saturated carbocycles. The van der Waals surface area contributed by atoms with Gasteiger partial charge in [-0.2, -0.15) is 16.9 Å². The van der Waals surface area contributed by atoms with Gasteiger partial charge in [-0.15, -0.1) is 24.0 Å². The first kappa shape index (κ1) is 23.7. The molecule has 3 heterocycles. The van der Waals surface area contributed by atoms with E-state index >= 15 is 0 Å². The van der Waals surface area contributed by atoms with Crippen LogP contribution in [0, 0.1) is 0 Å². The highest BCUT2D eigenvalue weighted by Gasteiger charge is 2.25. The molecule has 0 spiro atoms. The van der Waals surface area contributed by atoms with Gasteiger partial charge in [-0.1, -0.05) is 6.92 Å². The van der Waals surface area contributed by atoms with E-state index < -0.39 is 10.0 Å². The van der Waals surface area contributed by atoms with Crippen LogP contribution in [0.2, 0.25) is 0 Å². The molecular formula is C16H30IN7O2S2. The summed E-state index contributed by atoms with van der Waals surface area (Å²) in [6, 6.07) is 0.200. The van der Waals surface area contributed by atoms with Gasteiger partial charge >= 0.3 is 0 Å². The van der Waals surface area contributed by atoms with Gasteiger partial charge in [-0.25, -0.2) is 22.4 Å². The predicted molar refractivity (Wildman–Crippen MR) is 124 cm³/mol. The molecule has 28 heavy (non-hydrogen) atoms. The lowest BCUT2D eigenvalue weighted by Crippen LogP contribution is -2.48. The number of rotatable bonds is 6. The highest BCUT2D eigenvalue weighted by atomic mass is 127. The zero-order valence-corrected chi connectivity index (χ0v) is 20.4. The van der Waals surface area contributed by atoms with Crippen LogP contribution in [0.4, 0.5) is 0 Å². The molecule has 1 aromatic heterocycles. The number of hydrogen-bond donors (Lipinski definition) is 2. The van der Waals surface area contributed by atoms with E-state index in [-0.39, 0.29) is 35.8 Å². The third kappa shape index (κ3) is 6.20. The van der Waals surface area contributed by atoms with Crippen molar-refractivity contribution >= 4 is 51.7 Å². The van der Waals surface area contributed by atoms with Crippen molar-refractivity contribution in [1.82, 2.24) is 29.7 Å². The fourth-order valence-corrected chi connectivity index (χ4v) is 5.76. The first-order chi connectivity index (χ1) is 13.0. The van der Waals surface area contributed by atoms with Crippen LogP contribution in [0.25, 0.3) is 0 Å². The predicted octanol–water partition coefficient (Wildman–Crippen LogP) is 0.317. The van der Waals surface area contributed by atoms with Crippen molar-refractivity contribution in [3.05, 3.63) is 11.6 Å². The van der Waals surface area contributed by atoms with Gasteiger partial charge in [0.2, 0.25) is 10.0 Å². The number of halogens is 1. The Hall–Kier alpha value is -0.600. The molecule has 0 aliphatic carbocycles. The normalized spacial score (nSPS) is 20.9. The summed E-state index contributed by atoms with van der Waals surface area (Å²) in [5, 5.41) is 11.0. The minimum absolute atomic E-state index is 0. The summed E-state index contributed by atoms with van der Waals surface area (Å²) >= 11 is 1.80. The van der Waals surface area contributed by atoms with Gasteiger partial charge in [0.15, 0.2) is 11.8 Å². The van der Waals surface area contributed by atoms with E-state index in [2.05, 4.69) is 32.6 Å². The van der Waals surface area contributed by atoms with E-state index in [4.69, 9.17) is 0 Å². The molecule has 0 bridgehead atoms. The number of thioether (sulfide) groups is 1. The molecule has 3 rings (SSSR count). The molecule has 2 aliphatic heterocycles. The second-order valence-electron chi connectivity index (χ2n) is 6.69. The Morgan fingerprint density at radius 1 is 1.36 bits per heavy atom. The number of aromatic nitrogens is 3. The van der Waals surface area contributed by atoms with Crippen LogP contribution in [-0.4, -0.2) is 83.4 Å². The number of hydrogen-bond acceptors (Lipinski definition) is 6. The van der Waals surface area contributed by atoms with Crippen molar-refractivity contribution in [2.24, 2.45) is 4.99 Å². The smallest absolute Gasteiger partial charge is 0.215 e. The summed E-state index contributed by atoms with van der Waals surface area (Å²) in [4.78, 5) is 8.76. The second-order valence-corrected chi connectivity index (χ2v) is 10.00. The third-order valence-electron chi connectivity index (χ3n) is 4.80. The van der Waals surface area contributed by atoms with Gasteiger partial charge in [0.05, 0.1) is 12.3 Å². The average Bonchev–Trinajstić information content (AvgIpc) is 3.10. The lowest BCUT2D eigenvalue weighted by Gasteiger charge is -2.27. The summed E-state index contributed by atoms with van der Waals surface area (Å²) < 4.78 is 28.4. The van der Waals surface area contributed by atoms with E-state index in [0.29, 0.717) is 25.6 Å². The lowest BCUT2D eigenvalue weighted by atomic mass is 10.1. The quantitative estimate of drug-likeness (QED) is 0.303. The second kappa shape index (κ2) is 11.0. The van der Waals surface area contributed by atoms with Gasteiger partial charge < -0.3 is 10.6 Å². The van der Waals surface area contributed by atoms with E-state index in [1.807, 2.05) is 4.68 Å². The first-order valence-electron chi connectivity index (χ1n) is 9.47. The fourth-order valence-electron chi connectivity index (χ4n) is 3.27. The zero-order valence-electron chi connectivity index (χ0n) is 16.4. The Morgan fingerprint density at radius 3 is 2.79 bits per heavy atom. The molecule has 0 aromatic carbocycles. The Kier molecular flexibility index (Phi) is 9.28. The van der Waals surface area contributed by atoms with Crippen LogP contribution in [0.15, 0.2) is 4.99 Å². The standard InChI is InChI=1S/C16H29N7O2S2.HI/c1-3-14-20-15-5-4-13(12-23(15)21-14)19-16(17-2)18-6-11-27(24,25)22-7-9-26-10-8-22;/h13H,3-12H2,1-2H3,(H2,17,18,19);1H. The van der Waals surface area contributed by atoms with Gasteiger partial charge in [0.25, 0.3) is 0 Å². The molecule has 12 heteroatoms. The molecule has 160 valence electrons. The monoisotopic (exact) mass is 543 g/mol. The van der Waals surface area contributed by atoms with Crippen molar-refractivity contribution in [3.8, 4) is 0 Å². The maximum atomic E-state index is 12.4. The SMILES string of the molecule is CCc1nc2n(n1)CC(NC(=NC)NCCS(=O)(=O)N1CCSCC1)CC2.I. The number of nitrogens with zero attached hydrogens (tertiary/aromatic N) is 5. The van der Waals surface area contributed by atoms with Crippen LogP contribution in [-0.2, 0) is 29.4 Å². The molecule has 1 fully saturated rings. The van der Waals surface area contributed by atoms with E-state index in [1.54, 1.807) is 23.1 Å². The van der Waals surface area contributed by atoms with Crippen LogP contribution < -0.4 is 10.6 Å². The minimum Gasteiger partial charge on any atom is -0.355 e. The molecule has 2 aliphatic rings. The highest BCUT2D eigenvalue weighted by molar-refractivity contribution is 14.0. The zero-order chi connectivity index (χ0) is 19.3. The minimum atomic E-state index is -3.21. The maximum absolute atomic E-state index is 12.4. The molecule has 9 nitrogen and oxygen atoms in total. The van der Waals surface area contributed by atoms with Crippen molar-refractivity contribution in [3.63, 3.8) is 0 Å². The Bertz CT molecular complexity index is 763. The number of nitrogens with one attached hydrogen (secondary N) is 2. The van der Waals surface area contributed by atoms with Crippen LogP contribution in [0.3, 0.4) is 0 Å². The molecule has 2 N–H and O–H groups in total. The van der Waals surface area contributed by atoms with Crippen LogP contribution in [0.1, 0.15) is 25.0 Å². The molecular weight excluding hydrogens is 513 g/mol. The summed E-state index contributed by atoms with van der Waals surface area (Å²) in [6.45, 7) is 4.36. The molecule has 1 unspecified atom stereocenters. The van der Waals surface area contributed by atoms with Gasteiger partial charge in [-0.3, -0.25) is 4.99 Å². The van der Waals surface area contributed by atoms with Crippen molar-refractivity contribution in [2.75, 3.05) is 43.9 Å². The molecule has 1 saturated heterocycles. The van der Waals surface area contributed by atoms with Crippen molar-refractivity contribution in [1.29, 1.82) is 0 Å². The molecule has 0 radical (unpaired) electrons. The van der Waals surface area contributed by atoms with E-state index in [1.165, 1.54) is 0 Å². The van der Waals surface area contributed by atoms with Crippen LogP contribution in [0.5, 0.6) is 0 Å². The number of guanidine groups is 1. The Balaban J connectivity index is 0.00000280. The Labute approximate surface area is 188 Å². The van der Waals surface area contributed by atoms with Gasteiger partial charge in [-0.05, 0) is 6.42 Å². The number of aryl methyl sites for hydroxylation is 2. The molecule has 1 aromatic rings. The van der Waals surface area contributed by atoms with Gasteiger partial charge in [0, 0.05) is 57.1 Å². The number of aliphatic imine (C=N–C) groups is 1. The van der Waals surface area contributed by atoms with E-state index in [0.717, 1.165) is 49.0 Å². The summed E-state index contributed by atoms with van der Waals surface area (Å²) in [7, 11) is -1.51. The largest absolute Gasteiger partial charge is 0.355 e. The van der Waals surface area contributed by atoms with Crippen molar-refractivity contribution < 1.29 is 8.42 Å². The first-order valence-corrected chi connectivity index (χ1v) is 12.2. The fraction of sp³-hybridized carbons (Fsp3) is 0.812. The molecule has 1 atom stereocenters. The molecule has 0 amide bonds. The topological polar surface area (TPSA) is 105 Å². The average molecular weight is 544 g/mol. The van der Waals surface area contributed by atoms with Gasteiger partial charge in [0.1, 0.15) is 5.82 Å². The highest BCUT2D eigenvalue weighted by Crippen LogP contribution is 2.14. The Morgan fingerprint density at radius 2 is 2.11 bits per heavy atom. The summed E-state index contributed by atoms with van der Waals surface area (Å²) in [6.07, 6.45) is 2.67. The third-order valence-corrected chi connectivity index (χ3v) is 7.61. The van der Waals surface area contributed by atoms with E-state index in [9.17, 15) is 8.42 Å². The van der Waals surface area contributed by atoms with Crippen LogP contribution >= 0.6 is 35.7 Å². The number of sulfonamides is 1. The van der Waals surface area contributed by atoms with Crippen molar-refractivity contribution in [2.45, 2.75) is 38.8 Å².